The summed E-state index contributed by atoms with van der Waals surface area (Å²) in [4.78, 5) is 12.0. The van der Waals surface area contributed by atoms with Crippen molar-refractivity contribution in [2.75, 3.05) is 18.6 Å². The van der Waals surface area contributed by atoms with Crippen molar-refractivity contribution >= 4 is 23.5 Å². The number of nitrogen functional groups attached to an aromatic ring is 2. The fourth-order valence-electron chi connectivity index (χ4n) is 2.25. The van der Waals surface area contributed by atoms with Crippen LogP contribution in [0.4, 0.5) is 11.9 Å². The highest BCUT2D eigenvalue weighted by molar-refractivity contribution is 6.30. The van der Waals surface area contributed by atoms with Crippen molar-refractivity contribution in [3.8, 4) is 22.9 Å². The average molecular weight is 358 g/mol. The molecule has 0 aliphatic rings. The number of aromatic nitrogens is 3. The molecule has 0 spiro atoms. The van der Waals surface area contributed by atoms with E-state index in [0.717, 1.165) is 5.56 Å². The van der Waals surface area contributed by atoms with Crippen LogP contribution in [-0.4, -0.2) is 22.1 Å². The van der Waals surface area contributed by atoms with Crippen molar-refractivity contribution in [1.82, 2.24) is 15.0 Å². The molecule has 3 rings (SSSR count). The van der Waals surface area contributed by atoms with Gasteiger partial charge in [0, 0.05) is 10.6 Å². The summed E-state index contributed by atoms with van der Waals surface area (Å²) >= 11 is 5.99. The summed E-state index contributed by atoms with van der Waals surface area (Å²) in [6.07, 6.45) is 0. The van der Waals surface area contributed by atoms with E-state index in [-0.39, 0.29) is 11.9 Å². The monoisotopic (exact) mass is 357 g/mol. The van der Waals surface area contributed by atoms with Gasteiger partial charge in [-0.25, -0.2) is 0 Å². The molecule has 0 saturated heterocycles. The number of rotatable bonds is 5. The third kappa shape index (κ3) is 4.07. The fraction of sp³-hybridized carbons (Fsp3) is 0.118. The van der Waals surface area contributed by atoms with E-state index in [0.29, 0.717) is 34.5 Å². The number of hydrogen-bond acceptors (Lipinski definition) is 7. The Labute approximate surface area is 149 Å². The Morgan fingerprint density at radius 2 is 1.72 bits per heavy atom. The van der Waals surface area contributed by atoms with Crippen LogP contribution < -0.4 is 20.9 Å². The number of hydrogen-bond donors (Lipinski definition) is 2. The highest BCUT2D eigenvalue weighted by Crippen LogP contribution is 2.32. The first-order valence-corrected chi connectivity index (χ1v) is 7.75. The average Bonchev–Trinajstić information content (AvgIpc) is 2.59. The van der Waals surface area contributed by atoms with Gasteiger partial charge >= 0.3 is 0 Å². The lowest BCUT2D eigenvalue weighted by Crippen LogP contribution is -2.04. The van der Waals surface area contributed by atoms with Gasteiger partial charge in [0.1, 0.15) is 6.61 Å². The molecule has 0 bridgehead atoms. The SMILES string of the molecule is COc1ccc(-c2nc(N)nc(N)n2)cc1OCc1cccc(Cl)c1. The predicted octanol–water partition coefficient (Wildman–Crippen LogP) is 2.94. The molecule has 0 amide bonds. The van der Waals surface area contributed by atoms with Gasteiger partial charge < -0.3 is 20.9 Å². The maximum atomic E-state index is 5.99. The molecule has 3 aromatic rings. The van der Waals surface area contributed by atoms with E-state index in [9.17, 15) is 0 Å². The van der Waals surface area contributed by atoms with E-state index in [1.54, 1.807) is 25.3 Å². The quantitative estimate of drug-likeness (QED) is 0.722. The Balaban J connectivity index is 1.89. The van der Waals surface area contributed by atoms with E-state index in [4.69, 9.17) is 32.5 Å². The summed E-state index contributed by atoms with van der Waals surface area (Å²) < 4.78 is 11.2. The van der Waals surface area contributed by atoms with Gasteiger partial charge in [-0.2, -0.15) is 15.0 Å². The van der Waals surface area contributed by atoms with Gasteiger partial charge in [-0.15, -0.1) is 0 Å². The minimum atomic E-state index is 0.0553. The smallest absolute Gasteiger partial charge is 0.225 e. The first kappa shape index (κ1) is 16.8. The molecule has 1 heterocycles. The molecule has 0 unspecified atom stereocenters. The van der Waals surface area contributed by atoms with Crippen molar-refractivity contribution < 1.29 is 9.47 Å². The van der Waals surface area contributed by atoms with Crippen LogP contribution in [0.15, 0.2) is 42.5 Å². The second-order valence-electron chi connectivity index (χ2n) is 5.16. The van der Waals surface area contributed by atoms with Gasteiger partial charge in [-0.3, -0.25) is 0 Å². The van der Waals surface area contributed by atoms with Crippen LogP contribution in [-0.2, 0) is 6.61 Å². The standard InChI is InChI=1S/C17H16ClN5O2/c1-24-13-6-5-11(15-21-16(19)23-17(20)22-15)8-14(13)25-9-10-3-2-4-12(18)7-10/h2-8H,9H2,1H3,(H4,19,20,21,22,23). The summed E-state index contributed by atoms with van der Waals surface area (Å²) in [6, 6.07) is 12.8. The molecular weight excluding hydrogens is 342 g/mol. The van der Waals surface area contributed by atoms with E-state index >= 15 is 0 Å². The Bertz CT molecular complexity index is 884. The highest BCUT2D eigenvalue weighted by Gasteiger charge is 2.11. The van der Waals surface area contributed by atoms with Crippen LogP contribution in [0.3, 0.4) is 0 Å². The van der Waals surface area contributed by atoms with Gasteiger partial charge in [-0.05, 0) is 35.9 Å². The lowest BCUT2D eigenvalue weighted by molar-refractivity contribution is 0.284. The second kappa shape index (κ2) is 7.23. The predicted molar refractivity (Wildman–Crippen MR) is 96.4 cm³/mol. The topological polar surface area (TPSA) is 109 Å². The van der Waals surface area contributed by atoms with E-state index < -0.39 is 0 Å². The molecule has 0 radical (unpaired) electrons. The Morgan fingerprint density at radius 3 is 2.40 bits per heavy atom. The van der Waals surface area contributed by atoms with Crippen molar-refractivity contribution in [2.45, 2.75) is 6.61 Å². The molecule has 4 N–H and O–H groups in total. The highest BCUT2D eigenvalue weighted by atomic mass is 35.5. The molecular formula is C17H16ClN5O2. The van der Waals surface area contributed by atoms with Gasteiger partial charge in [0.25, 0.3) is 0 Å². The lowest BCUT2D eigenvalue weighted by atomic mass is 10.2. The van der Waals surface area contributed by atoms with Gasteiger partial charge in [-0.1, -0.05) is 23.7 Å². The minimum Gasteiger partial charge on any atom is -0.493 e. The number of anilines is 2. The van der Waals surface area contributed by atoms with Gasteiger partial charge in [0.05, 0.1) is 7.11 Å². The molecule has 7 nitrogen and oxygen atoms in total. The van der Waals surface area contributed by atoms with Crippen molar-refractivity contribution in [1.29, 1.82) is 0 Å². The van der Waals surface area contributed by atoms with Crippen molar-refractivity contribution in [3.63, 3.8) is 0 Å². The molecule has 0 fully saturated rings. The van der Waals surface area contributed by atoms with Crippen LogP contribution >= 0.6 is 11.6 Å². The maximum absolute atomic E-state index is 5.99. The Kier molecular flexibility index (Phi) is 4.85. The molecule has 0 aliphatic carbocycles. The summed E-state index contributed by atoms with van der Waals surface area (Å²) in [5, 5.41) is 0.651. The van der Waals surface area contributed by atoms with E-state index in [1.807, 2.05) is 24.3 Å². The van der Waals surface area contributed by atoms with E-state index in [2.05, 4.69) is 15.0 Å². The number of benzene rings is 2. The van der Waals surface area contributed by atoms with Gasteiger partial charge in [0.2, 0.25) is 11.9 Å². The van der Waals surface area contributed by atoms with Crippen LogP contribution in [0, 0.1) is 0 Å². The minimum absolute atomic E-state index is 0.0553. The number of halogens is 1. The van der Waals surface area contributed by atoms with Crippen LogP contribution in [0.25, 0.3) is 11.4 Å². The molecule has 128 valence electrons. The molecule has 25 heavy (non-hydrogen) atoms. The van der Waals surface area contributed by atoms with Gasteiger partial charge in [0.15, 0.2) is 17.3 Å². The molecule has 8 heteroatoms. The normalized spacial score (nSPS) is 10.5. The lowest BCUT2D eigenvalue weighted by Gasteiger charge is -2.12. The zero-order valence-corrected chi connectivity index (χ0v) is 14.2. The van der Waals surface area contributed by atoms with Crippen molar-refractivity contribution in [3.05, 3.63) is 53.1 Å². The number of nitrogens with two attached hydrogens (primary N) is 2. The number of ether oxygens (including phenoxy) is 2. The molecule has 0 atom stereocenters. The van der Waals surface area contributed by atoms with Crippen LogP contribution in [0.2, 0.25) is 5.02 Å². The first-order chi connectivity index (χ1) is 12.0. The molecule has 0 aliphatic heterocycles. The largest absolute Gasteiger partial charge is 0.493 e. The zero-order valence-electron chi connectivity index (χ0n) is 13.4. The summed E-state index contributed by atoms with van der Waals surface area (Å²) in [5.74, 6) is 1.60. The van der Waals surface area contributed by atoms with Crippen molar-refractivity contribution in [2.24, 2.45) is 0 Å². The number of methoxy groups -OCH3 is 1. The third-order valence-corrected chi connectivity index (χ3v) is 3.61. The summed E-state index contributed by atoms with van der Waals surface area (Å²) in [6.45, 7) is 0.335. The molecule has 1 aromatic heterocycles. The Morgan fingerprint density at radius 1 is 0.960 bits per heavy atom. The number of nitrogens with zero attached hydrogens (tertiary/aromatic N) is 3. The first-order valence-electron chi connectivity index (χ1n) is 7.38. The molecule has 0 saturated carbocycles. The fourth-order valence-corrected chi connectivity index (χ4v) is 2.47. The van der Waals surface area contributed by atoms with E-state index in [1.165, 1.54) is 0 Å². The van der Waals surface area contributed by atoms with Crippen LogP contribution in [0.5, 0.6) is 11.5 Å². The summed E-state index contributed by atoms with van der Waals surface area (Å²) in [5.41, 5.74) is 12.9. The zero-order chi connectivity index (χ0) is 17.8. The van der Waals surface area contributed by atoms with Crippen LogP contribution in [0.1, 0.15) is 5.56 Å². The third-order valence-electron chi connectivity index (χ3n) is 3.38. The summed E-state index contributed by atoms with van der Waals surface area (Å²) in [7, 11) is 1.57. The Hall–Kier alpha value is -3.06. The second-order valence-corrected chi connectivity index (χ2v) is 5.60. The maximum Gasteiger partial charge on any atom is 0.225 e. The molecule has 2 aromatic carbocycles.